The van der Waals surface area contributed by atoms with E-state index in [9.17, 15) is 9.90 Å². The van der Waals surface area contributed by atoms with Gasteiger partial charge in [-0.25, -0.2) is 14.2 Å². The molecule has 5 rings (SSSR count). The Balaban J connectivity index is 1.49. The largest absolute Gasteiger partial charge is 0.446 e. The van der Waals surface area contributed by atoms with Crippen LogP contribution in [-0.4, -0.2) is 39.9 Å². The minimum Gasteiger partial charge on any atom is -0.446 e. The molecule has 0 bridgehead atoms. The summed E-state index contributed by atoms with van der Waals surface area (Å²) in [6, 6.07) is 3.33. The van der Waals surface area contributed by atoms with E-state index in [0.717, 1.165) is 36.3 Å². The summed E-state index contributed by atoms with van der Waals surface area (Å²) in [5.41, 5.74) is 9.98. The number of aliphatic hydroxyl groups excluding tert-OH is 1. The van der Waals surface area contributed by atoms with E-state index in [-0.39, 0.29) is 17.6 Å². The van der Waals surface area contributed by atoms with E-state index in [1.807, 2.05) is 6.92 Å². The monoisotopic (exact) mass is 437 g/mol. The number of anilines is 3. The fourth-order valence-corrected chi connectivity index (χ4v) is 4.30. The number of rotatable bonds is 3. The summed E-state index contributed by atoms with van der Waals surface area (Å²) in [7, 11) is 0. The first kappa shape index (κ1) is 20.4. The minimum atomic E-state index is -0.648. The number of carbonyl (C=O) groups excluding carboxylic acids is 1. The van der Waals surface area contributed by atoms with Crippen molar-refractivity contribution >= 4 is 34.1 Å². The summed E-state index contributed by atoms with van der Waals surface area (Å²) in [5, 5.41) is 16.4. The van der Waals surface area contributed by atoms with Crippen LogP contribution in [0.3, 0.4) is 0 Å². The lowest BCUT2D eigenvalue weighted by molar-refractivity contribution is -0.0308. The van der Waals surface area contributed by atoms with Crippen LogP contribution in [0.4, 0.5) is 26.4 Å². The molecule has 0 radical (unpaired) electrons. The van der Waals surface area contributed by atoms with Gasteiger partial charge < -0.3 is 20.9 Å². The Hall–Kier alpha value is -3.46. The Morgan fingerprint density at radius 2 is 2.09 bits per heavy atom. The second kappa shape index (κ2) is 7.90. The number of benzene rings is 1. The number of nitrogen functional groups attached to an aromatic ring is 1. The molecular formula is C23H24FN5O3. The number of ether oxygens (including phenoxy) is 1. The van der Waals surface area contributed by atoms with E-state index >= 15 is 4.39 Å². The van der Waals surface area contributed by atoms with Gasteiger partial charge in [-0.1, -0.05) is 0 Å². The summed E-state index contributed by atoms with van der Waals surface area (Å²) < 4.78 is 20.5. The molecule has 0 atom stereocenters. The maximum Gasteiger partial charge on any atom is 0.413 e. The van der Waals surface area contributed by atoms with Crippen molar-refractivity contribution < 1.29 is 19.0 Å². The topological polar surface area (TPSA) is 122 Å². The van der Waals surface area contributed by atoms with Crippen molar-refractivity contribution in [3.63, 3.8) is 0 Å². The Morgan fingerprint density at radius 1 is 1.28 bits per heavy atom. The van der Waals surface area contributed by atoms with Gasteiger partial charge in [-0.2, -0.15) is 0 Å². The lowest BCUT2D eigenvalue weighted by Gasteiger charge is -2.30. The normalized spacial score (nSPS) is 19.6. The third kappa shape index (κ3) is 3.58. The van der Waals surface area contributed by atoms with Crippen LogP contribution in [0.15, 0.2) is 24.5 Å². The quantitative estimate of drug-likeness (QED) is 0.460. The van der Waals surface area contributed by atoms with Crippen molar-refractivity contribution in [2.24, 2.45) is 0 Å². The number of carbonyl (C=O) groups is 1. The van der Waals surface area contributed by atoms with Gasteiger partial charge in [0.2, 0.25) is 0 Å². The van der Waals surface area contributed by atoms with E-state index in [2.05, 4.69) is 20.6 Å². The second-order valence-electron chi connectivity index (χ2n) is 8.37. The fourth-order valence-electron chi connectivity index (χ4n) is 4.30. The van der Waals surface area contributed by atoms with Crippen molar-refractivity contribution in [3.8, 4) is 11.1 Å². The first-order valence-electron chi connectivity index (χ1n) is 10.7. The minimum absolute atomic E-state index is 0.00679. The molecule has 1 aliphatic carbocycles. The van der Waals surface area contributed by atoms with Gasteiger partial charge in [0.15, 0.2) is 5.82 Å². The van der Waals surface area contributed by atoms with Crippen molar-refractivity contribution in [1.29, 1.82) is 0 Å². The van der Waals surface area contributed by atoms with E-state index in [0.29, 0.717) is 34.7 Å². The van der Waals surface area contributed by atoms with Gasteiger partial charge in [-0.15, -0.1) is 0 Å². The second-order valence-corrected chi connectivity index (χ2v) is 8.37. The molecule has 32 heavy (non-hydrogen) atoms. The molecule has 2 aromatic heterocycles. The zero-order valence-electron chi connectivity index (χ0n) is 17.6. The zero-order valence-corrected chi connectivity index (χ0v) is 17.6. The van der Waals surface area contributed by atoms with Crippen LogP contribution in [0.2, 0.25) is 0 Å². The van der Waals surface area contributed by atoms with Crippen LogP contribution < -0.4 is 16.4 Å². The average molecular weight is 437 g/mol. The molecule has 1 saturated carbocycles. The SMILES string of the molecule is Cc1c(-c2cc3cc(NC(=O)OC4CC(O)C4)ncc3c(N)c2F)cnc2c1NCCC2. The third-order valence-electron chi connectivity index (χ3n) is 6.17. The van der Waals surface area contributed by atoms with Gasteiger partial charge in [0.05, 0.1) is 23.2 Å². The molecule has 3 aromatic rings. The molecule has 0 spiro atoms. The number of aromatic nitrogens is 2. The lowest BCUT2D eigenvalue weighted by Crippen LogP contribution is -2.37. The number of nitrogens with zero attached hydrogens (tertiary/aromatic N) is 2. The van der Waals surface area contributed by atoms with Crippen LogP contribution in [0, 0.1) is 12.7 Å². The number of hydrogen-bond acceptors (Lipinski definition) is 7. The van der Waals surface area contributed by atoms with E-state index in [4.69, 9.17) is 10.5 Å². The van der Waals surface area contributed by atoms with Crippen LogP contribution in [0.1, 0.15) is 30.5 Å². The van der Waals surface area contributed by atoms with Gasteiger partial charge in [0, 0.05) is 48.3 Å². The maximum absolute atomic E-state index is 15.2. The van der Waals surface area contributed by atoms with Crippen molar-refractivity contribution in [2.45, 2.75) is 44.8 Å². The Bertz CT molecular complexity index is 1230. The molecule has 1 aromatic carbocycles. The molecule has 0 saturated heterocycles. The molecule has 8 nitrogen and oxygen atoms in total. The predicted molar refractivity (Wildman–Crippen MR) is 120 cm³/mol. The molecule has 166 valence electrons. The highest BCUT2D eigenvalue weighted by Crippen LogP contribution is 2.38. The van der Waals surface area contributed by atoms with Crippen molar-refractivity contribution in [3.05, 3.63) is 41.6 Å². The van der Waals surface area contributed by atoms with Gasteiger partial charge >= 0.3 is 6.09 Å². The summed E-state index contributed by atoms with van der Waals surface area (Å²) in [6.07, 6.45) is 4.53. The van der Waals surface area contributed by atoms with E-state index < -0.39 is 18.0 Å². The summed E-state index contributed by atoms with van der Waals surface area (Å²) in [5.74, 6) is -0.259. The summed E-state index contributed by atoms with van der Waals surface area (Å²) >= 11 is 0. The smallest absolute Gasteiger partial charge is 0.413 e. The zero-order chi connectivity index (χ0) is 22.4. The molecule has 1 fully saturated rings. The number of fused-ring (bicyclic) bond motifs is 2. The highest BCUT2D eigenvalue weighted by Gasteiger charge is 2.30. The van der Waals surface area contributed by atoms with Crippen LogP contribution in [0.25, 0.3) is 21.9 Å². The fraction of sp³-hybridized carbons (Fsp3) is 0.348. The number of halogens is 1. The number of nitrogens with one attached hydrogen (secondary N) is 2. The molecule has 1 amide bonds. The average Bonchev–Trinajstić information content (AvgIpc) is 2.76. The van der Waals surface area contributed by atoms with Gasteiger partial charge in [-0.05, 0) is 42.8 Å². The standard InChI is InChI=1S/C23H24FN5O3/c1-11-16(9-27-18-3-2-4-26-22(11)18)15-5-12-6-19(28-10-17(12)21(25)20(15)24)29-23(31)32-14-7-13(30)8-14/h5-6,9-10,13-14,26,30H,2-4,7-8,25H2,1H3,(H,28,29,31). The number of aryl methyl sites for hydroxylation is 1. The van der Waals surface area contributed by atoms with Gasteiger partial charge in [0.25, 0.3) is 0 Å². The lowest BCUT2D eigenvalue weighted by atomic mass is 9.92. The van der Waals surface area contributed by atoms with Crippen molar-refractivity contribution in [1.82, 2.24) is 9.97 Å². The molecular weight excluding hydrogens is 413 g/mol. The molecule has 3 heterocycles. The number of hydrogen-bond donors (Lipinski definition) is 4. The molecule has 9 heteroatoms. The number of nitrogens with two attached hydrogens (primary N) is 1. The predicted octanol–water partition coefficient (Wildman–Crippen LogP) is 3.76. The van der Waals surface area contributed by atoms with Gasteiger partial charge in [0.1, 0.15) is 11.9 Å². The van der Waals surface area contributed by atoms with Crippen LogP contribution >= 0.6 is 0 Å². The van der Waals surface area contributed by atoms with E-state index in [1.54, 1.807) is 18.3 Å². The molecule has 1 aliphatic heterocycles. The summed E-state index contributed by atoms with van der Waals surface area (Å²) in [4.78, 5) is 20.8. The van der Waals surface area contributed by atoms with E-state index in [1.165, 1.54) is 6.20 Å². The first-order chi connectivity index (χ1) is 15.4. The molecule has 0 unspecified atom stereocenters. The first-order valence-corrected chi connectivity index (χ1v) is 10.7. The maximum atomic E-state index is 15.2. The van der Waals surface area contributed by atoms with Gasteiger partial charge in [-0.3, -0.25) is 10.3 Å². The number of pyridine rings is 2. The Morgan fingerprint density at radius 3 is 2.88 bits per heavy atom. The molecule has 5 N–H and O–H groups in total. The van der Waals surface area contributed by atoms with Crippen molar-refractivity contribution in [2.75, 3.05) is 22.9 Å². The highest BCUT2D eigenvalue weighted by atomic mass is 19.1. The number of aliphatic hydroxyl groups is 1. The Labute approximate surface area is 184 Å². The third-order valence-corrected chi connectivity index (χ3v) is 6.17. The Kier molecular flexibility index (Phi) is 5.05. The molecule has 2 aliphatic rings. The van der Waals surface area contributed by atoms with Crippen LogP contribution in [-0.2, 0) is 11.2 Å². The van der Waals surface area contributed by atoms with Crippen LogP contribution in [0.5, 0.6) is 0 Å². The highest BCUT2D eigenvalue weighted by molar-refractivity contribution is 5.99. The number of amides is 1. The summed E-state index contributed by atoms with van der Waals surface area (Å²) in [6.45, 7) is 2.80.